The molecule has 1 atom stereocenters. The highest BCUT2D eigenvalue weighted by molar-refractivity contribution is 6.42. The highest BCUT2D eigenvalue weighted by Gasteiger charge is 2.39. The zero-order valence-electron chi connectivity index (χ0n) is 21.1. The molecule has 0 spiro atoms. The summed E-state index contributed by atoms with van der Waals surface area (Å²) in [5.74, 6) is -0.512. The molecule has 9 nitrogen and oxygen atoms in total. The lowest BCUT2D eigenvalue weighted by Crippen LogP contribution is -2.51. The van der Waals surface area contributed by atoms with Crippen molar-refractivity contribution in [2.45, 2.75) is 39.7 Å². The van der Waals surface area contributed by atoms with Crippen LogP contribution >= 0.6 is 23.2 Å². The first-order chi connectivity index (χ1) is 17.3. The van der Waals surface area contributed by atoms with Gasteiger partial charge in [-0.15, -0.1) is 0 Å². The summed E-state index contributed by atoms with van der Waals surface area (Å²) in [5.41, 5.74) is 1.44. The van der Waals surface area contributed by atoms with E-state index >= 15 is 0 Å². The van der Waals surface area contributed by atoms with Crippen molar-refractivity contribution >= 4 is 41.2 Å². The van der Waals surface area contributed by atoms with Crippen LogP contribution in [-0.4, -0.2) is 85.2 Å². The summed E-state index contributed by atoms with van der Waals surface area (Å²) in [5, 5.41) is 6.46. The molecule has 4 amide bonds. The Kier molecular flexibility index (Phi) is 10.3. The third-order valence-electron chi connectivity index (χ3n) is 6.32. The van der Waals surface area contributed by atoms with Crippen molar-refractivity contribution in [3.8, 4) is 0 Å². The Balaban J connectivity index is 1.96. The predicted molar refractivity (Wildman–Crippen MR) is 140 cm³/mol. The van der Waals surface area contributed by atoms with Crippen molar-refractivity contribution in [2.75, 3.05) is 52.4 Å². The van der Waals surface area contributed by atoms with Gasteiger partial charge < -0.3 is 20.3 Å². The highest BCUT2D eigenvalue weighted by Crippen LogP contribution is 2.37. The number of likely N-dealkylation sites (N-methyl/N-ethyl adjacent to an activating group) is 1. The molecule has 0 unspecified atom stereocenters. The first-order valence-electron chi connectivity index (χ1n) is 12.5. The lowest BCUT2D eigenvalue weighted by molar-refractivity contribution is -0.139. The number of hydrogen-bond acceptors (Lipinski definition) is 5. The Labute approximate surface area is 222 Å². The molecule has 0 radical (unpaired) electrons. The largest absolute Gasteiger partial charge is 0.463 e. The molecule has 1 aromatic carbocycles. The summed E-state index contributed by atoms with van der Waals surface area (Å²) in [6.07, 6.45) is 1.66. The van der Waals surface area contributed by atoms with Gasteiger partial charge in [-0.2, -0.15) is 0 Å². The molecular formula is C25H35Cl2N5O4. The van der Waals surface area contributed by atoms with Gasteiger partial charge in [-0.1, -0.05) is 42.3 Å². The van der Waals surface area contributed by atoms with Crippen LogP contribution in [0.1, 0.15) is 45.2 Å². The van der Waals surface area contributed by atoms with Gasteiger partial charge in [0.1, 0.15) is 0 Å². The molecule has 2 N–H and O–H groups in total. The van der Waals surface area contributed by atoms with Crippen LogP contribution in [0.2, 0.25) is 10.0 Å². The molecule has 198 valence electrons. The highest BCUT2D eigenvalue weighted by atomic mass is 35.5. The maximum absolute atomic E-state index is 13.3. The minimum absolute atomic E-state index is 0.0620. The van der Waals surface area contributed by atoms with Gasteiger partial charge in [-0.25, -0.2) is 14.4 Å². The number of rotatable bonds is 8. The number of ether oxygens (including phenoxy) is 1. The molecule has 0 aromatic heterocycles. The Hall–Kier alpha value is -2.49. The molecule has 2 aliphatic rings. The molecule has 2 aliphatic heterocycles. The van der Waals surface area contributed by atoms with E-state index in [0.717, 1.165) is 19.4 Å². The number of hydrogen-bond donors (Lipinski definition) is 2. The quantitative estimate of drug-likeness (QED) is 0.486. The molecule has 36 heavy (non-hydrogen) atoms. The summed E-state index contributed by atoms with van der Waals surface area (Å²) in [4.78, 5) is 44.5. The number of esters is 1. The van der Waals surface area contributed by atoms with Crippen LogP contribution in [0.5, 0.6) is 0 Å². The zero-order valence-corrected chi connectivity index (χ0v) is 22.6. The summed E-state index contributed by atoms with van der Waals surface area (Å²) in [6.45, 7) is 9.72. The molecule has 0 saturated carbocycles. The van der Waals surface area contributed by atoms with Crippen LogP contribution in [0.4, 0.5) is 9.59 Å². The van der Waals surface area contributed by atoms with Gasteiger partial charge in [-0.05, 0) is 38.3 Å². The molecule has 0 aliphatic carbocycles. The van der Waals surface area contributed by atoms with Crippen LogP contribution in [-0.2, 0) is 9.53 Å². The smallest absolute Gasteiger partial charge is 0.338 e. The van der Waals surface area contributed by atoms with E-state index in [1.54, 1.807) is 30.0 Å². The van der Waals surface area contributed by atoms with Crippen LogP contribution in [0.25, 0.3) is 0 Å². The molecule has 1 saturated heterocycles. The molecule has 1 aromatic rings. The minimum Gasteiger partial charge on any atom is -0.463 e. The van der Waals surface area contributed by atoms with E-state index in [4.69, 9.17) is 27.9 Å². The Bertz CT molecular complexity index is 1000. The van der Waals surface area contributed by atoms with Gasteiger partial charge in [0.05, 0.1) is 28.3 Å². The van der Waals surface area contributed by atoms with Crippen molar-refractivity contribution in [3.63, 3.8) is 0 Å². The van der Waals surface area contributed by atoms with E-state index in [0.29, 0.717) is 61.1 Å². The Morgan fingerprint density at radius 2 is 1.92 bits per heavy atom. The molecular weight excluding hydrogens is 505 g/mol. The molecule has 0 bridgehead atoms. The number of amides is 4. The molecule has 11 heteroatoms. The number of carbonyl (C=O) groups excluding carboxylic acids is 3. The maximum atomic E-state index is 13.3. The monoisotopic (exact) mass is 539 g/mol. The average molecular weight is 540 g/mol. The topological polar surface area (TPSA) is 94.2 Å². The zero-order chi connectivity index (χ0) is 26.2. The van der Waals surface area contributed by atoms with Crippen molar-refractivity contribution in [1.29, 1.82) is 0 Å². The van der Waals surface area contributed by atoms with E-state index in [1.165, 1.54) is 0 Å². The average Bonchev–Trinajstić information content (AvgIpc) is 3.10. The van der Waals surface area contributed by atoms with E-state index in [1.807, 2.05) is 18.7 Å². The number of urea groups is 2. The number of nitrogens with one attached hydrogen (secondary N) is 2. The van der Waals surface area contributed by atoms with Crippen molar-refractivity contribution in [1.82, 2.24) is 25.3 Å². The van der Waals surface area contributed by atoms with Gasteiger partial charge in [0.25, 0.3) is 0 Å². The fraction of sp³-hybridized carbons (Fsp3) is 0.560. The van der Waals surface area contributed by atoms with Gasteiger partial charge in [0.15, 0.2) is 0 Å². The van der Waals surface area contributed by atoms with Crippen LogP contribution < -0.4 is 10.6 Å². The van der Waals surface area contributed by atoms with Gasteiger partial charge in [0, 0.05) is 51.5 Å². The summed E-state index contributed by atoms with van der Waals surface area (Å²) in [7, 11) is 0. The molecule has 2 heterocycles. The summed E-state index contributed by atoms with van der Waals surface area (Å²) < 4.78 is 5.43. The number of halogens is 2. The predicted octanol–water partition coefficient (Wildman–Crippen LogP) is 4.02. The lowest BCUT2D eigenvalue weighted by Gasteiger charge is -2.38. The van der Waals surface area contributed by atoms with Gasteiger partial charge in [0.2, 0.25) is 0 Å². The second-order valence-corrected chi connectivity index (χ2v) is 9.48. The number of carbonyl (C=O) groups is 3. The maximum Gasteiger partial charge on any atom is 0.338 e. The number of nitrogens with zero attached hydrogens (tertiary/aromatic N) is 3. The third kappa shape index (κ3) is 6.44. The second-order valence-electron chi connectivity index (χ2n) is 8.70. The van der Waals surface area contributed by atoms with Crippen LogP contribution in [0, 0.1) is 0 Å². The normalized spacial score (nSPS) is 19.1. The minimum atomic E-state index is -0.802. The lowest BCUT2D eigenvalue weighted by atomic mass is 9.94. The summed E-state index contributed by atoms with van der Waals surface area (Å²) >= 11 is 12.8. The first kappa shape index (κ1) is 28.1. The molecule has 3 rings (SSSR count). The van der Waals surface area contributed by atoms with Gasteiger partial charge in [-0.3, -0.25) is 9.80 Å². The van der Waals surface area contributed by atoms with E-state index < -0.39 is 12.0 Å². The summed E-state index contributed by atoms with van der Waals surface area (Å²) in [6, 6.07) is 3.95. The van der Waals surface area contributed by atoms with Crippen LogP contribution in [0.3, 0.4) is 0 Å². The van der Waals surface area contributed by atoms with E-state index in [-0.39, 0.29) is 23.7 Å². The van der Waals surface area contributed by atoms with E-state index in [9.17, 15) is 14.4 Å². The standard InChI is InChI=1S/C25H35Cl2N5O4/c1-4-11-28-24(34)31-13-8-12-30(14-15-31)16-19-20(23(33)36-6-3)22(29-25(35)32(19)5-2)17-9-7-10-18(26)21(17)27/h7,9-10,22H,4-6,8,11-16H2,1-3H3,(H,28,34)(H,29,35)/t22-/m1/s1. The second kappa shape index (κ2) is 13.2. The van der Waals surface area contributed by atoms with Gasteiger partial charge >= 0.3 is 18.0 Å². The van der Waals surface area contributed by atoms with Crippen molar-refractivity contribution in [3.05, 3.63) is 45.1 Å². The fourth-order valence-corrected chi connectivity index (χ4v) is 4.94. The fourth-order valence-electron chi connectivity index (χ4n) is 4.52. The first-order valence-corrected chi connectivity index (χ1v) is 13.2. The number of benzene rings is 1. The van der Waals surface area contributed by atoms with E-state index in [2.05, 4.69) is 15.5 Å². The Morgan fingerprint density at radius 1 is 1.14 bits per heavy atom. The van der Waals surface area contributed by atoms with Crippen molar-refractivity contribution in [2.24, 2.45) is 0 Å². The van der Waals surface area contributed by atoms with Crippen molar-refractivity contribution < 1.29 is 19.1 Å². The molecule has 1 fully saturated rings. The third-order valence-corrected chi connectivity index (χ3v) is 7.15. The SMILES string of the molecule is CCCNC(=O)N1CCCN(CC2=C(C(=O)OCC)[C@@H](c3cccc(Cl)c3Cl)NC(=O)N2CC)CC1. The van der Waals surface area contributed by atoms with Crippen LogP contribution in [0.15, 0.2) is 29.5 Å². The Morgan fingerprint density at radius 3 is 2.61 bits per heavy atom.